The molecule has 0 saturated carbocycles. The number of H-pyrrole nitrogens is 2. The third-order valence-corrected chi connectivity index (χ3v) is 8.15. The van der Waals surface area contributed by atoms with Gasteiger partial charge in [0.2, 0.25) is 0 Å². The number of benzene rings is 2. The van der Waals surface area contributed by atoms with Crippen LogP contribution in [-0.4, -0.2) is 19.9 Å². The molecule has 5 heterocycles. The summed E-state index contributed by atoms with van der Waals surface area (Å²) in [6.07, 6.45) is 8.30. The van der Waals surface area contributed by atoms with Crippen LogP contribution in [0, 0.1) is 13.8 Å². The zero-order valence-corrected chi connectivity index (χ0v) is 23.2. The van der Waals surface area contributed by atoms with E-state index in [1.165, 1.54) is 11.1 Å². The first-order valence-electron chi connectivity index (χ1n) is 13.0. The largest absolute Gasteiger partial charge is 0.355 e. The molecule has 188 valence electrons. The summed E-state index contributed by atoms with van der Waals surface area (Å²) in [5, 5.41) is 0. The number of aromatic nitrogens is 4. The van der Waals surface area contributed by atoms with E-state index < -0.39 is 0 Å². The summed E-state index contributed by atoms with van der Waals surface area (Å²) in [5.41, 5.74) is 14.5. The van der Waals surface area contributed by atoms with Crippen LogP contribution in [0.5, 0.6) is 0 Å². The molecule has 3 aromatic heterocycles. The first kappa shape index (κ1) is 23.6. The Bertz CT molecular complexity index is 1860. The molecule has 8 bridgehead atoms. The van der Waals surface area contributed by atoms with Gasteiger partial charge in [0.05, 0.1) is 27.2 Å². The molecule has 2 N–H and O–H groups in total. The molecule has 0 radical (unpaired) electrons. The van der Waals surface area contributed by atoms with Crippen LogP contribution in [0.15, 0.2) is 83.3 Å². The van der Waals surface area contributed by atoms with Crippen LogP contribution >= 0.6 is 15.9 Å². The maximum absolute atomic E-state index is 5.09. The van der Waals surface area contributed by atoms with Crippen molar-refractivity contribution in [1.29, 1.82) is 0 Å². The van der Waals surface area contributed by atoms with Gasteiger partial charge in [-0.15, -0.1) is 0 Å². The second-order valence-electron chi connectivity index (χ2n) is 9.92. The van der Waals surface area contributed by atoms with Crippen LogP contribution in [0.4, 0.5) is 0 Å². The summed E-state index contributed by atoms with van der Waals surface area (Å²) < 4.78 is 0.869. The van der Waals surface area contributed by atoms with Crippen LogP contribution in [0.2, 0.25) is 0 Å². The molecule has 4 nitrogen and oxygen atoms in total. The maximum atomic E-state index is 5.09. The SMILES string of the molecule is Cc1ccccc1-c1c2nc(c(Br)c3nc(c(-c4ccccc4C)c4ccc(cc5ccc1[nH]5)[nH]4)C=C3)C=C2. The molecular weight excluding hydrogens is 544 g/mol. The van der Waals surface area contributed by atoms with Crippen LogP contribution < -0.4 is 0 Å². The Labute approximate surface area is 235 Å². The van der Waals surface area contributed by atoms with Gasteiger partial charge in [0.25, 0.3) is 0 Å². The molecule has 2 aliphatic heterocycles. The first-order chi connectivity index (χ1) is 19.0. The van der Waals surface area contributed by atoms with Gasteiger partial charge in [-0.25, -0.2) is 9.97 Å². The fourth-order valence-corrected chi connectivity index (χ4v) is 5.82. The van der Waals surface area contributed by atoms with E-state index in [4.69, 9.17) is 9.97 Å². The van der Waals surface area contributed by atoms with Crippen molar-refractivity contribution in [2.75, 3.05) is 0 Å². The number of aryl methyl sites for hydroxylation is 2. The van der Waals surface area contributed by atoms with Crippen molar-refractivity contribution in [2.45, 2.75) is 13.8 Å². The predicted molar refractivity (Wildman–Crippen MR) is 167 cm³/mol. The average Bonchev–Trinajstić information content (AvgIpc) is 3.75. The molecular formula is C34H25BrN4. The Balaban J connectivity index is 1.62. The highest BCUT2D eigenvalue weighted by Gasteiger charge is 2.17. The molecule has 7 rings (SSSR count). The number of rotatable bonds is 2. The molecule has 2 aliphatic rings. The van der Waals surface area contributed by atoms with Gasteiger partial charge in [-0.1, -0.05) is 48.5 Å². The Morgan fingerprint density at radius 3 is 1.44 bits per heavy atom. The average molecular weight is 570 g/mol. The van der Waals surface area contributed by atoms with Crippen molar-refractivity contribution in [3.05, 3.63) is 117 Å². The van der Waals surface area contributed by atoms with Gasteiger partial charge in [-0.3, -0.25) is 0 Å². The van der Waals surface area contributed by atoms with Gasteiger partial charge in [0, 0.05) is 33.2 Å². The second kappa shape index (κ2) is 9.37. The predicted octanol–water partition coefficient (Wildman–Crippen LogP) is 9.37. The normalized spacial score (nSPS) is 12.3. The zero-order chi connectivity index (χ0) is 26.5. The number of nitrogens with zero attached hydrogens (tertiary/aromatic N) is 2. The minimum Gasteiger partial charge on any atom is -0.355 e. The van der Waals surface area contributed by atoms with E-state index >= 15 is 0 Å². The van der Waals surface area contributed by atoms with Crippen molar-refractivity contribution >= 4 is 62.3 Å². The highest BCUT2D eigenvalue weighted by molar-refractivity contribution is 9.10. The lowest BCUT2D eigenvalue weighted by Gasteiger charge is -2.07. The van der Waals surface area contributed by atoms with E-state index in [9.17, 15) is 0 Å². The van der Waals surface area contributed by atoms with Crippen molar-refractivity contribution in [2.24, 2.45) is 0 Å². The van der Waals surface area contributed by atoms with Crippen molar-refractivity contribution in [3.63, 3.8) is 0 Å². The molecule has 0 spiro atoms. The molecule has 5 aromatic rings. The lowest BCUT2D eigenvalue weighted by molar-refractivity contribution is 1.25. The summed E-state index contributed by atoms with van der Waals surface area (Å²) in [5.74, 6) is 0. The molecule has 39 heavy (non-hydrogen) atoms. The van der Waals surface area contributed by atoms with Crippen LogP contribution in [0.1, 0.15) is 33.9 Å². The molecule has 0 saturated heterocycles. The van der Waals surface area contributed by atoms with Gasteiger partial charge in [-0.2, -0.15) is 0 Å². The van der Waals surface area contributed by atoms with Gasteiger partial charge >= 0.3 is 0 Å². The molecule has 0 atom stereocenters. The summed E-state index contributed by atoms with van der Waals surface area (Å²) in [4.78, 5) is 17.5. The minimum atomic E-state index is 0.853. The number of halogens is 1. The lowest BCUT2D eigenvalue weighted by atomic mass is 9.99. The van der Waals surface area contributed by atoms with E-state index in [-0.39, 0.29) is 0 Å². The zero-order valence-electron chi connectivity index (χ0n) is 21.6. The number of fused-ring (bicyclic) bond motifs is 8. The second-order valence-corrected chi connectivity index (χ2v) is 10.7. The van der Waals surface area contributed by atoms with Crippen LogP contribution in [0.25, 0.3) is 68.6 Å². The Morgan fingerprint density at radius 2 is 0.974 bits per heavy atom. The lowest BCUT2D eigenvalue weighted by Crippen LogP contribution is -1.89. The first-order valence-corrected chi connectivity index (χ1v) is 13.8. The molecule has 0 unspecified atom stereocenters. The third kappa shape index (κ3) is 4.16. The Morgan fingerprint density at radius 1 is 0.538 bits per heavy atom. The number of nitrogens with one attached hydrogen (secondary N) is 2. The highest BCUT2D eigenvalue weighted by Crippen LogP contribution is 2.36. The standard InChI is InChI=1S/C34H25BrN4/c1-20-7-3-5-9-24(20)32-26-13-11-22(36-26)19-23-12-14-27(37-23)33(25-10-6-4-8-21(25)2)29-16-18-31(39-29)34(35)30-17-15-28(32)38-30/h3-19,36-37H,1-2H3. The van der Waals surface area contributed by atoms with E-state index in [0.29, 0.717) is 0 Å². The van der Waals surface area contributed by atoms with Crippen LogP contribution in [0.3, 0.4) is 0 Å². The van der Waals surface area contributed by atoms with Crippen molar-refractivity contribution < 1.29 is 0 Å². The third-order valence-electron chi connectivity index (χ3n) is 7.34. The molecule has 5 heteroatoms. The van der Waals surface area contributed by atoms with Crippen LogP contribution in [-0.2, 0) is 0 Å². The minimum absolute atomic E-state index is 0.853. The number of aromatic amines is 2. The Hall–Kier alpha value is -4.48. The molecule has 2 aromatic carbocycles. The smallest absolute Gasteiger partial charge is 0.0801 e. The van der Waals surface area contributed by atoms with Crippen molar-refractivity contribution in [3.8, 4) is 22.3 Å². The summed E-state index contributed by atoms with van der Waals surface area (Å²) >= 11 is 3.83. The number of hydrogen-bond donors (Lipinski definition) is 2. The van der Waals surface area contributed by atoms with Crippen molar-refractivity contribution in [1.82, 2.24) is 19.9 Å². The molecule has 0 fully saturated rings. The summed E-state index contributed by atoms with van der Waals surface area (Å²) in [6.45, 7) is 4.28. The highest BCUT2D eigenvalue weighted by atomic mass is 79.9. The van der Waals surface area contributed by atoms with Gasteiger partial charge in [-0.05, 0) is 107 Å². The molecule has 0 aliphatic carbocycles. The number of hydrogen-bond acceptors (Lipinski definition) is 2. The topological polar surface area (TPSA) is 57.4 Å². The summed E-state index contributed by atoms with van der Waals surface area (Å²) in [6, 6.07) is 27.5. The molecule has 0 amide bonds. The van der Waals surface area contributed by atoms with E-state index in [1.54, 1.807) is 0 Å². The van der Waals surface area contributed by atoms with E-state index in [2.05, 4.69) is 143 Å². The fourth-order valence-electron chi connectivity index (χ4n) is 5.38. The maximum Gasteiger partial charge on any atom is 0.0801 e. The van der Waals surface area contributed by atoms with Gasteiger partial charge < -0.3 is 9.97 Å². The Kier molecular flexibility index (Phi) is 5.67. The van der Waals surface area contributed by atoms with E-state index in [1.807, 2.05) is 0 Å². The van der Waals surface area contributed by atoms with Gasteiger partial charge in [0.1, 0.15) is 0 Å². The summed E-state index contributed by atoms with van der Waals surface area (Å²) in [7, 11) is 0. The van der Waals surface area contributed by atoms with Gasteiger partial charge in [0.15, 0.2) is 0 Å². The van der Waals surface area contributed by atoms with E-state index in [0.717, 1.165) is 71.6 Å². The monoisotopic (exact) mass is 568 g/mol. The quantitative estimate of drug-likeness (QED) is 0.218. The fraction of sp³-hybridized carbons (Fsp3) is 0.0588.